The van der Waals surface area contributed by atoms with Gasteiger partial charge in [-0.1, -0.05) is 0 Å². The van der Waals surface area contributed by atoms with Crippen LogP contribution in [0.1, 0.15) is 25.3 Å². The molecule has 2 rings (SSSR count). The molecule has 1 aromatic heterocycles. The lowest BCUT2D eigenvalue weighted by Gasteiger charge is -2.26. The summed E-state index contributed by atoms with van der Waals surface area (Å²) in [6.07, 6.45) is 3.95. The van der Waals surface area contributed by atoms with Gasteiger partial charge in [-0.15, -0.1) is 12.4 Å². The summed E-state index contributed by atoms with van der Waals surface area (Å²) in [6, 6.07) is 0. The molecule has 0 aliphatic carbocycles. The molecule has 0 unspecified atom stereocenters. The molecular formula is C13H25ClN4O. The Morgan fingerprint density at radius 2 is 2.16 bits per heavy atom. The van der Waals surface area contributed by atoms with E-state index in [1.54, 1.807) is 0 Å². The Morgan fingerprint density at radius 3 is 2.63 bits per heavy atom. The number of hydrogen-bond donors (Lipinski definition) is 2. The molecule has 5 nitrogen and oxygen atoms in total. The first-order valence-corrected chi connectivity index (χ1v) is 6.49. The van der Waals surface area contributed by atoms with Gasteiger partial charge >= 0.3 is 0 Å². The largest absolute Gasteiger partial charge is 0.396 e. The number of aliphatic hydroxyl groups is 1. The molecule has 0 bridgehead atoms. The Labute approximate surface area is 121 Å². The molecule has 2 heterocycles. The van der Waals surface area contributed by atoms with Gasteiger partial charge in [-0.2, -0.15) is 5.10 Å². The number of nitrogens with two attached hydrogens (primary N) is 1. The molecule has 1 saturated heterocycles. The zero-order chi connectivity index (χ0) is 13.3. The zero-order valence-corrected chi connectivity index (χ0v) is 12.7. The van der Waals surface area contributed by atoms with E-state index in [1.807, 2.05) is 38.0 Å². The second-order valence-corrected chi connectivity index (χ2v) is 6.18. The van der Waals surface area contributed by atoms with Crippen LogP contribution in [0.15, 0.2) is 12.4 Å². The molecule has 0 amide bonds. The van der Waals surface area contributed by atoms with Gasteiger partial charge in [-0.3, -0.25) is 4.68 Å². The van der Waals surface area contributed by atoms with Gasteiger partial charge in [0.1, 0.15) is 0 Å². The lowest BCUT2D eigenvalue weighted by atomic mass is 9.92. The van der Waals surface area contributed by atoms with Crippen molar-refractivity contribution < 1.29 is 5.11 Å². The summed E-state index contributed by atoms with van der Waals surface area (Å²) in [5.74, 6) is 0.655. The van der Waals surface area contributed by atoms with Gasteiger partial charge < -0.3 is 15.7 Å². The van der Waals surface area contributed by atoms with Crippen molar-refractivity contribution in [2.24, 2.45) is 18.7 Å². The summed E-state index contributed by atoms with van der Waals surface area (Å²) in [5, 5.41) is 13.8. The number of aryl methyl sites for hydroxylation is 1. The molecule has 2 atom stereocenters. The van der Waals surface area contributed by atoms with E-state index in [-0.39, 0.29) is 30.5 Å². The highest BCUT2D eigenvalue weighted by atomic mass is 35.5. The van der Waals surface area contributed by atoms with Crippen LogP contribution >= 0.6 is 12.4 Å². The van der Waals surface area contributed by atoms with E-state index < -0.39 is 0 Å². The molecule has 0 saturated carbocycles. The van der Waals surface area contributed by atoms with Crippen molar-refractivity contribution in [3.05, 3.63) is 18.0 Å². The van der Waals surface area contributed by atoms with E-state index in [4.69, 9.17) is 5.73 Å². The van der Waals surface area contributed by atoms with Crippen LogP contribution in [0.3, 0.4) is 0 Å². The van der Waals surface area contributed by atoms with Gasteiger partial charge in [0, 0.05) is 56.9 Å². The maximum absolute atomic E-state index is 9.54. The van der Waals surface area contributed by atoms with Crippen LogP contribution < -0.4 is 5.73 Å². The van der Waals surface area contributed by atoms with E-state index in [0.717, 1.165) is 19.6 Å². The monoisotopic (exact) mass is 288 g/mol. The minimum Gasteiger partial charge on any atom is -0.396 e. The number of rotatable bonds is 4. The average Bonchev–Trinajstić information content (AvgIpc) is 2.81. The summed E-state index contributed by atoms with van der Waals surface area (Å²) >= 11 is 0. The van der Waals surface area contributed by atoms with Crippen LogP contribution in [0.4, 0.5) is 0 Å². The normalized spacial score (nSPS) is 24.5. The molecular weight excluding hydrogens is 264 g/mol. The van der Waals surface area contributed by atoms with Crippen molar-refractivity contribution in [3.8, 4) is 0 Å². The minimum absolute atomic E-state index is 0. The number of hydrogen-bond acceptors (Lipinski definition) is 4. The number of aliphatic hydroxyl groups excluding tert-OH is 1. The molecule has 0 radical (unpaired) electrons. The Morgan fingerprint density at radius 1 is 1.47 bits per heavy atom. The highest BCUT2D eigenvalue weighted by Crippen LogP contribution is 2.32. The molecule has 1 fully saturated rings. The maximum atomic E-state index is 9.54. The van der Waals surface area contributed by atoms with Crippen LogP contribution in [0, 0.1) is 5.92 Å². The van der Waals surface area contributed by atoms with Gasteiger partial charge in [0.25, 0.3) is 0 Å². The Balaban J connectivity index is 0.00000180. The average molecular weight is 289 g/mol. The van der Waals surface area contributed by atoms with Crippen molar-refractivity contribution in [1.82, 2.24) is 14.7 Å². The van der Waals surface area contributed by atoms with Crippen LogP contribution in [0.25, 0.3) is 0 Å². The van der Waals surface area contributed by atoms with E-state index in [1.165, 1.54) is 5.56 Å². The van der Waals surface area contributed by atoms with Gasteiger partial charge in [0.15, 0.2) is 0 Å². The number of halogens is 1. The summed E-state index contributed by atoms with van der Waals surface area (Å²) in [6.45, 7) is 7.03. The fourth-order valence-electron chi connectivity index (χ4n) is 2.86. The highest BCUT2D eigenvalue weighted by molar-refractivity contribution is 5.85. The standard InChI is InChI=1S/C13H24N4O.ClH/c1-13(2,14)9-17-6-11(8-18)12(7-17)10-4-15-16(3)5-10;/h4-5,11-12,18H,6-9,14H2,1-3H3;1H/t11-,12-;/m0./s1. The van der Waals surface area contributed by atoms with Crippen LogP contribution in [-0.4, -0.2) is 51.6 Å². The fraction of sp³-hybridized carbons (Fsp3) is 0.769. The van der Waals surface area contributed by atoms with Crippen LogP contribution in [-0.2, 0) is 7.05 Å². The molecule has 1 aliphatic rings. The summed E-state index contributed by atoms with van der Waals surface area (Å²) in [7, 11) is 1.92. The topological polar surface area (TPSA) is 67.3 Å². The van der Waals surface area contributed by atoms with Crippen molar-refractivity contribution in [2.75, 3.05) is 26.2 Å². The SMILES string of the molecule is Cl.Cn1cc([C@@H]2CN(CC(C)(C)N)C[C@H]2CO)cn1. The van der Waals surface area contributed by atoms with Crippen LogP contribution in [0.5, 0.6) is 0 Å². The predicted molar refractivity (Wildman–Crippen MR) is 78.5 cm³/mol. The molecule has 19 heavy (non-hydrogen) atoms. The number of aromatic nitrogens is 2. The first-order valence-electron chi connectivity index (χ1n) is 6.49. The van der Waals surface area contributed by atoms with E-state index in [9.17, 15) is 5.11 Å². The Hall–Kier alpha value is -0.620. The summed E-state index contributed by atoms with van der Waals surface area (Å²) < 4.78 is 1.82. The van der Waals surface area contributed by atoms with Gasteiger partial charge in [-0.25, -0.2) is 0 Å². The third kappa shape index (κ3) is 4.18. The van der Waals surface area contributed by atoms with Crippen molar-refractivity contribution in [2.45, 2.75) is 25.3 Å². The lowest BCUT2D eigenvalue weighted by Crippen LogP contribution is -2.44. The minimum atomic E-state index is -0.191. The first kappa shape index (κ1) is 16.4. The smallest absolute Gasteiger partial charge is 0.0525 e. The van der Waals surface area contributed by atoms with Gasteiger partial charge in [0.05, 0.1) is 6.20 Å². The second kappa shape index (κ2) is 6.22. The molecule has 1 aromatic rings. The summed E-state index contributed by atoms with van der Waals surface area (Å²) in [4.78, 5) is 2.35. The van der Waals surface area contributed by atoms with E-state index in [0.29, 0.717) is 5.92 Å². The predicted octanol–water partition coefficient (Wildman–Crippen LogP) is 0.587. The van der Waals surface area contributed by atoms with Gasteiger partial charge in [0.2, 0.25) is 0 Å². The zero-order valence-electron chi connectivity index (χ0n) is 11.9. The summed E-state index contributed by atoms with van der Waals surface area (Å²) in [5.41, 5.74) is 7.10. The molecule has 110 valence electrons. The second-order valence-electron chi connectivity index (χ2n) is 6.18. The Kier molecular flexibility index (Phi) is 5.38. The molecule has 6 heteroatoms. The van der Waals surface area contributed by atoms with Gasteiger partial charge in [-0.05, 0) is 19.4 Å². The van der Waals surface area contributed by atoms with Crippen molar-refractivity contribution in [3.63, 3.8) is 0 Å². The highest BCUT2D eigenvalue weighted by Gasteiger charge is 2.35. The number of likely N-dealkylation sites (tertiary alicyclic amines) is 1. The molecule has 0 aromatic carbocycles. The molecule has 0 spiro atoms. The third-order valence-electron chi connectivity index (χ3n) is 3.54. The lowest BCUT2D eigenvalue weighted by molar-refractivity contribution is 0.207. The first-order chi connectivity index (χ1) is 8.39. The van der Waals surface area contributed by atoms with Crippen molar-refractivity contribution >= 4 is 12.4 Å². The molecule has 1 aliphatic heterocycles. The van der Waals surface area contributed by atoms with Crippen LogP contribution in [0.2, 0.25) is 0 Å². The molecule has 3 N–H and O–H groups in total. The maximum Gasteiger partial charge on any atom is 0.0525 e. The van der Waals surface area contributed by atoms with Crippen molar-refractivity contribution in [1.29, 1.82) is 0 Å². The third-order valence-corrected chi connectivity index (χ3v) is 3.54. The quantitative estimate of drug-likeness (QED) is 0.851. The van der Waals surface area contributed by atoms with E-state index >= 15 is 0 Å². The Bertz CT molecular complexity index is 402. The number of nitrogens with zero attached hydrogens (tertiary/aromatic N) is 3. The fourth-order valence-corrected chi connectivity index (χ4v) is 2.86. The van der Waals surface area contributed by atoms with E-state index in [2.05, 4.69) is 10.00 Å².